The molecule has 0 aliphatic carbocycles. The molecule has 0 unspecified atom stereocenters. The van der Waals surface area contributed by atoms with E-state index in [9.17, 15) is 35.9 Å². The van der Waals surface area contributed by atoms with E-state index < -0.39 is 47.9 Å². The van der Waals surface area contributed by atoms with Crippen LogP contribution in [0.15, 0.2) is 53.6 Å². The van der Waals surface area contributed by atoms with Gasteiger partial charge in [-0.1, -0.05) is 6.07 Å². The summed E-state index contributed by atoms with van der Waals surface area (Å²) in [6.45, 7) is -0.671. The van der Waals surface area contributed by atoms with E-state index >= 15 is 0 Å². The van der Waals surface area contributed by atoms with Crippen molar-refractivity contribution in [2.45, 2.75) is 12.4 Å². The lowest BCUT2D eigenvalue weighted by atomic mass is 10.1. The predicted molar refractivity (Wildman–Crippen MR) is 91.2 cm³/mol. The van der Waals surface area contributed by atoms with Gasteiger partial charge >= 0.3 is 18.4 Å². The van der Waals surface area contributed by atoms with Gasteiger partial charge in [0.05, 0.1) is 11.1 Å². The molecule has 0 fully saturated rings. The van der Waals surface area contributed by atoms with Gasteiger partial charge in [0.1, 0.15) is 0 Å². The van der Waals surface area contributed by atoms with Gasteiger partial charge in [0.25, 0.3) is 5.91 Å². The Bertz CT molecular complexity index is 999. The molecule has 3 amide bonds. The van der Waals surface area contributed by atoms with Gasteiger partial charge in [-0.3, -0.25) is 4.79 Å². The highest BCUT2D eigenvalue weighted by Gasteiger charge is 2.33. The third-order valence-corrected chi connectivity index (χ3v) is 3.85. The lowest BCUT2D eigenvalue weighted by Gasteiger charge is -2.23. The maximum atomic E-state index is 12.9. The van der Waals surface area contributed by atoms with Gasteiger partial charge in [0.15, 0.2) is 6.61 Å². The number of amides is 3. The number of ether oxygens (including phenoxy) is 1. The van der Waals surface area contributed by atoms with Crippen LogP contribution in [0.3, 0.4) is 0 Å². The molecular weight excluding hydrogens is 420 g/mol. The van der Waals surface area contributed by atoms with Crippen LogP contribution in [-0.2, 0) is 21.9 Å². The van der Waals surface area contributed by atoms with Crippen molar-refractivity contribution in [1.82, 2.24) is 5.01 Å². The molecule has 0 saturated heterocycles. The number of alkyl halides is 6. The molecule has 0 saturated carbocycles. The number of hydrogen-bond acceptors (Lipinski definition) is 4. The van der Waals surface area contributed by atoms with Crippen LogP contribution in [0.1, 0.15) is 16.7 Å². The fourth-order valence-electron chi connectivity index (χ4n) is 2.41. The van der Waals surface area contributed by atoms with Crippen molar-refractivity contribution in [3.63, 3.8) is 0 Å². The van der Waals surface area contributed by atoms with Gasteiger partial charge in [-0.15, -0.1) is 10.1 Å². The van der Waals surface area contributed by atoms with Gasteiger partial charge in [0, 0.05) is 11.3 Å². The summed E-state index contributed by atoms with van der Waals surface area (Å²) >= 11 is 0. The SMILES string of the molecule is O=C1COC(c2cccc(C(F)(F)F)c2)=NN1C(=O)Nc1ccc(C(F)(F)F)cc1. The summed E-state index contributed by atoms with van der Waals surface area (Å²) in [5, 5.41) is 6.14. The van der Waals surface area contributed by atoms with E-state index in [0.29, 0.717) is 5.01 Å². The second-order valence-electron chi connectivity index (χ2n) is 5.98. The first kappa shape index (κ1) is 21.1. The maximum Gasteiger partial charge on any atom is 0.416 e. The van der Waals surface area contributed by atoms with E-state index in [0.717, 1.165) is 42.5 Å². The number of benzene rings is 2. The molecule has 1 heterocycles. The molecule has 0 atom stereocenters. The van der Waals surface area contributed by atoms with Crippen LogP contribution < -0.4 is 5.32 Å². The number of imide groups is 1. The minimum atomic E-state index is -4.62. The molecular formula is C18H11F6N3O3. The summed E-state index contributed by atoms with van der Waals surface area (Å²) in [5.41, 5.74) is -2.09. The first-order chi connectivity index (χ1) is 13.9. The zero-order chi connectivity index (χ0) is 22.1. The molecule has 30 heavy (non-hydrogen) atoms. The van der Waals surface area contributed by atoms with Gasteiger partial charge in [-0.05, 0) is 42.5 Å². The number of hydrazone groups is 1. The van der Waals surface area contributed by atoms with Crippen molar-refractivity contribution >= 4 is 23.5 Å². The van der Waals surface area contributed by atoms with Crippen LogP contribution >= 0.6 is 0 Å². The number of carbonyl (C=O) groups is 2. The van der Waals surface area contributed by atoms with E-state index in [1.54, 1.807) is 0 Å². The van der Waals surface area contributed by atoms with Crippen molar-refractivity contribution < 1.29 is 40.7 Å². The summed E-state index contributed by atoms with van der Waals surface area (Å²) < 4.78 is 81.4. The van der Waals surface area contributed by atoms with Gasteiger partial charge in [-0.25, -0.2) is 4.79 Å². The number of rotatable bonds is 2. The minimum absolute atomic E-state index is 0.0527. The van der Waals surface area contributed by atoms with Crippen LogP contribution in [0.4, 0.5) is 36.8 Å². The Morgan fingerprint density at radius 2 is 1.60 bits per heavy atom. The standard InChI is InChI=1S/C18H11F6N3O3/c19-17(20,21)11-4-6-13(7-5-11)25-16(29)27-14(28)9-30-15(26-27)10-2-1-3-12(8-10)18(22,23)24/h1-8H,9H2,(H,25,29). The smallest absolute Gasteiger partial charge is 0.416 e. The molecule has 1 N–H and O–H groups in total. The molecule has 1 aliphatic heterocycles. The Hall–Kier alpha value is -3.57. The summed E-state index contributed by atoms with van der Waals surface area (Å²) in [5.74, 6) is -1.32. The Balaban J connectivity index is 1.81. The van der Waals surface area contributed by atoms with Crippen LogP contribution in [0.5, 0.6) is 0 Å². The number of urea groups is 1. The molecule has 2 aromatic carbocycles. The van der Waals surface area contributed by atoms with Crippen molar-refractivity contribution in [2.75, 3.05) is 11.9 Å². The lowest BCUT2D eigenvalue weighted by Crippen LogP contribution is -2.42. The Morgan fingerprint density at radius 3 is 2.20 bits per heavy atom. The third kappa shape index (κ3) is 4.70. The first-order valence-electron chi connectivity index (χ1n) is 8.15. The molecule has 158 valence electrons. The van der Waals surface area contributed by atoms with Crippen molar-refractivity contribution in [3.8, 4) is 0 Å². The molecule has 0 aromatic heterocycles. The van der Waals surface area contributed by atoms with Crippen LogP contribution in [0.25, 0.3) is 0 Å². The number of anilines is 1. The number of hydrogen-bond donors (Lipinski definition) is 1. The molecule has 0 spiro atoms. The Labute approximate surface area is 164 Å². The van der Waals surface area contributed by atoms with Crippen molar-refractivity contribution in [2.24, 2.45) is 5.10 Å². The molecule has 0 bridgehead atoms. The quantitative estimate of drug-likeness (QED) is 0.713. The second kappa shape index (κ2) is 7.69. The highest BCUT2D eigenvalue weighted by atomic mass is 19.4. The molecule has 6 nitrogen and oxygen atoms in total. The van der Waals surface area contributed by atoms with E-state index in [-0.39, 0.29) is 11.3 Å². The normalized spacial score (nSPS) is 14.8. The van der Waals surface area contributed by atoms with E-state index in [1.807, 2.05) is 0 Å². The molecule has 0 radical (unpaired) electrons. The average molecular weight is 431 g/mol. The van der Waals surface area contributed by atoms with Crippen LogP contribution in [0.2, 0.25) is 0 Å². The van der Waals surface area contributed by atoms with Crippen molar-refractivity contribution in [3.05, 3.63) is 65.2 Å². The summed E-state index contributed by atoms with van der Waals surface area (Å²) in [7, 11) is 0. The second-order valence-corrected chi connectivity index (χ2v) is 5.98. The highest BCUT2D eigenvalue weighted by Crippen LogP contribution is 2.31. The zero-order valence-corrected chi connectivity index (χ0v) is 14.7. The number of nitrogens with one attached hydrogen (secondary N) is 1. The molecule has 2 aromatic rings. The molecule has 1 aliphatic rings. The zero-order valence-electron chi connectivity index (χ0n) is 14.7. The summed E-state index contributed by atoms with van der Waals surface area (Å²) in [6.07, 6.45) is -9.19. The van der Waals surface area contributed by atoms with Crippen LogP contribution in [-0.4, -0.2) is 29.5 Å². The van der Waals surface area contributed by atoms with E-state index in [1.165, 1.54) is 6.07 Å². The Kier molecular flexibility index (Phi) is 5.42. The number of carbonyl (C=O) groups excluding carboxylic acids is 2. The van der Waals surface area contributed by atoms with Gasteiger partial charge in [-0.2, -0.15) is 26.3 Å². The maximum absolute atomic E-state index is 12.9. The summed E-state index contributed by atoms with van der Waals surface area (Å²) in [4.78, 5) is 24.2. The minimum Gasteiger partial charge on any atom is -0.466 e. The molecule has 3 rings (SSSR count). The predicted octanol–water partition coefficient (Wildman–Crippen LogP) is 4.48. The fourth-order valence-corrected chi connectivity index (χ4v) is 2.41. The fraction of sp³-hybridized carbons (Fsp3) is 0.167. The van der Waals surface area contributed by atoms with Gasteiger partial charge in [0.2, 0.25) is 5.90 Å². The number of nitrogens with zero attached hydrogens (tertiary/aromatic N) is 2. The largest absolute Gasteiger partial charge is 0.466 e. The van der Waals surface area contributed by atoms with Crippen molar-refractivity contribution in [1.29, 1.82) is 0 Å². The highest BCUT2D eigenvalue weighted by molar-refractivity contribution is 6.06. The number of halogens is 6. The summed E-state index contributed by atoms with van der Waals surface area (Å²) in [6, 6.07) is 6.21. The van der Waals surface area contributed by atoms with Gasteiger partial charge < -0.3 is 10.1 Å². The average Bonchev–Trinajstić information content (AvgIpc) is 2.67. The lowest BCUT2D eigenvalue weighted by molar-refractivity contribution is -0.138. The first-order valence-corrected chi connectivity index (χ1v) is 8.15. The Morgan fingerprint density at radius 1 is 0.967 bits per heavy atom. The monoisotopic (exact) mass is 431 g/mol. The van der Waals surface area contributed by atoms with E-state index in [4.69, 9.17) is 4.74 Å². The third-order valence-electron chi connectivity index (χ3n) is 3.85. The van der Waals surface area contributed by atoms with E-state index in [2.05, 4.69) is 10.4 Å². The molecule has 12 heteroatoms. The topological polar surface area (TPSA) is 71.0 Å². The van der Waals surface area contributed by atoms with Crippen LogP contribution in [0, 0.1) is 0 Å².